The number of aromatic nitrogens is 2. The van der Waals surface area contributed by atoms with Crippen LogP contribution >= 0.6 is 0 Å². The molecule has 4 rings (SSSR count). The minimum Gasteiger partial charge on any atom is -0.496 e. The second-order valence-corrected chi connectivity index (χ2v) is 6.76. The summed E-state index contributed by atoms with van der Waals surface area (Å²) in [6.07, 6.45) is 6.17. The van der Waals surface area contributed by atoms with E-state index in [4.69, 9.17) is 9.72 Å². The minimum atomic E-state index is -0.437. The van der Waals surface area contributed by atoms with Gasteiger partial charge in [0.2, 0.25) is 0 Å². The number of nitrogens with one attached hydrogen (secondary N) is 1. The van der Waals surface area contributed by atoms with Crippen LogP contribution < -0.4 is 4.74 Å². The molecule has 1 aromatic heterocycles. The molecule has 0 saturated carbocycles. The van der Waals surface area contributed by atoms with Crippen LogP contribution in [0.1, 0.15) is 59.3 Å². The largest absolute Gasteiger partial charge is 0.496 e. The molecule has 0 spiro atoms. The van der Waals surface area contributed by atoms with Crippen molar-refractivity contribution in [2.75, 3.05) is 13.7 Å². The van der Waals surface area contributed by atoms with E-state index in [1.165, 1.54) is 43.8 Å². The molecule has 0 bridgehead atoms. The van der Waals surface area contributed by atoms with Crippen LogP contribution in [0.3, 0.4) is 0 Å². The monoisotopic (exact) mass is 343 g/mol. The van der Waals surface area contributed by atoms with Crippen molar-refractivity contribution in [3.8, 4) is 5.75 Å². The molecular formula is C19H22FN3O2. The number of hydrogen-bond donors (Lipinski definition) is 1. The van der Waals surface area contributed by atoms with E-state index < -0.39 is 5.82 Å². The molecule has 1 amide bonds. The number of halogens is 1. The summed E-state index contributed by atoms with van der Waals surface area (Å²) >= 11 is 0. The number of aromatic amines is 1. The molecule has 1 aliphatic carbocycles. The molecule has 0 radical (unpaired) electrons. The Hall–Kier alpha value is -2.37. The number of methoxy groups -OCH3 is 1. The van der Waals surface area contributed by atoms with Crippen LogP contribution in [0.15, 0.2) is 18.2 Å². The van der Waals surface area contributed by atoms with Gasteiger partial charge in [0.1, 0.15) is 17.4 Å². The van der Waals surface area contributed by atoms with Crippen LogP contribution in [-0.2, 0) is 12.8 Å². The third-order valence-corrected chi connectivity index (χ3v) is 5.19. The van der Waals surface area contributed by atoms with Gasteiger partial charge in [0.05, 0.1) is 24.4 Å². The number of fused-ring (bicyclic) bond motifs is 1. The number of imidazole rings is 1. The molecular weight excluding hydrogens is 321 g/mol. The number of likely N-dealkylation sites (tertiary alicyclic amines) is 1. The van der Waals surface area contributed by atoms with Crippen LogP contribution in [0.4, 0.5) is 4.39 Å². The van der Waals surface area contributed by atoms with E-state index in [9.17, 15) is 9.18 Å². The highest BCUT2D eigenvalue weighted by Gasteiger charge is 2.34. The maximum Gasteiger partial charge on any atom is 0.258 e. The Kier molecular flexibility index (Phi) is 4.19. The second-order valence-electron chi connectivity index (χ2n) is 6.76. The maximum atomic E-state index is 13.7. The summed E-state index contributed by atoms with van der Waals surface area (Å²) in [7, 11) is 1.49. The number of amides is 1. The first-order chi connectivity index (χ1) is 12.2. The molecule has 1 fully saturated rings. The van der Waals surface area contributed by atoms with Gasteiger partial charge in [-0.2, -0.15) is 0 Å². The fourth-order valence-corrected chi connectivity index (χ4v) is 3.93. The van der Waals surface area contributed by atoms with E-state index in [0.717, 1.165) is 37.2 Å². The molecule has 1 aromatic carbocycles. The second kappa shape index (κ2) is 6.50. The molecule has 2 heterocycles. The van der Waals surface area contributed by atoms with Crippen LogP contribution in [-0.4, -0.2) is 34.4 Å². The SMILES string of the molecule is COc1ccc(F)cc1C(=O)N1CCCC1c1nc2c([nH]1)CCCC2. The zero-order valence-corrected chi connectivity index (χ0v) is 14.3. The Balaban J connectivity index is 1.64. The zero-order chi connectivity index (χ0) is 17.4. The lowest BCUT2D eigenvalue weighted by Gasteiger charge is -2.24. The van der Waals surface area contributed by atoms with E-state index in [1.807, 2.05) is 0 Å². The number of rotatable bonds is 3. The summed E-state index contributed by atoms with van der Waals surface area (Å²) < 4.78 is 18.9. The zero-order valence-electron chi connectivity index (χ0n) is 14.3. The highest BCUT2D eigenvalue weighted by molar-refractivity contribution is 5.97. The molecule has 1 atom stereocenters. The molecule has 1 N–H and O–H groups in total. The van der Waals surface area contributed by atoms with Crippen LogP contribution in [0.2, 0.25) is 0 Å². The lowest BCUT2D eigenvalue weighted by molar-refractivity contribution is 0.0726. The summed E-state index contributed by atoms with van der Waals surface area (Å²) in [6, 6.07) is 3.98. The molecule has 25 heavy (non-hydrogen) atoms. The Morgan fingerprint density at radius 3 is 2.96 bits per heavy atom. The van der Waals surface area contributed by atoms with Gasteiger partial charge in [-0.05, 0) is 56.7 Å². The fourth-order valence-electron chi connectivity index (χ4n) is 3.93. The van der Waals surface area contributed by atoms with Gasteiger partial charge in [0, 0.05) is 12.2 Å². The van der Waals surface area contributed by atoms with Gasteiger partial charge in [-0.3, -0.25) is 4.79 Å². The molecule has 2 aliphatic rings. The van der Waals surface area contributed by atoms with Crippen LogP contribution in [0.5, 0.6) is 5.75 Å². The fraction of sp³-hybridized carbons (Fsp3) is 0.474. The van der Waals surface area contributed by atoms with E-state index in [2.05, 4.69) is 4.98 Å². The summed E-state index contributed by atoms with van der Waals surface area (Å²) in [6.45, 7) is 0.647. The lowest BCUT2D eigenvalue weighted by Crippen LogP contribution is -2.31. The molecule has 1 aliphatic heterocycles. The van der Waals surface area contributed by atoms with Gasteiger partial charge in [-0.15, -0.1) is 0 Å². The predicted molar refractivity (Wildman–Crippen MR) is 91.2 cm³/mol. The lowest BCUT2D eigenvalue weighted by atomic mass is 10.0. The number of carbonyl (C=O) groups excluding carboxylic acids is 1. The Morgan fingerprint density at radius 1 is 1.32 bits per heavy atom. The van der Waals surface area contributed by atoms with E-state index in [1.54, 1.807) is 4.90 Å². The summed E-state index contributed by atoms with van der Waals surface area (Å²) in [5.41, 5.74) is 2.62. The van der Waals surface area contributed by atoms with Gasteiger partial charge >= 0.3 is 0 Å². The number of aryl methyl sites for hydroxylation is 2. The Morgan fingerprint density at radius 2 is 2.16 bits per heavy atom. The molecule has 132 valence electrons. The molecule has 5 nitrogen and oxygen atoms in total. The highest BCUT2D eigenvalue weighted by atomic mass is 19.1. The number of hydrogen-bond acceptors (Lipinski definition) is 3. The van der Waals surface area contributed by atoms with Gasteiger partial charge in [-0.25, -0.2) is 9.37 Å². The average Bonchev–Trinajstić information content (AvgIpc) is 3.27. The minimum absolute atomic E-state index is 0.0777. The van der Waals surface area contributed by atoms with Crippen molar-refractivity contribution in [1.82, 2.24) is 14.9 Å². The van der Waals surface area contributed by atoms with Crippen molar-refractivity contribution < 1.29 is 13.9 Å². The summed E-state index contributed by atoms with van der Waals surface area (Å²) in [5, 5.41) is 0. The smallest absolute Gasteiger partial charge is 0.258 e. The van der Waals surface area contributed by atoms with Gasteiger partial charge in [-0.1, -0.05) is 0 Å². The summed E-state index contributed by atoms with van der Waals surface area (Å²) in [5.74, 6) is 0.630. The normalized spacial score (nSPS) is 19.8. The average molecular weight is 343 g/mol. The highest BCUT2D eigenvalue weighted by Crippen LogP contribution is 2.34. The molecule has 2 aromatic rings. The van der Waals surface area contributed by atoms with Crippen molar-refractivity contribution in [3.05, 3.63) is 46.8 Å². The van der Waals surface area contributed by atoms with Crippen molar-refractivity contribution >= 4 is 5.91 Å². The molecule has 1 saturated heterocycles. The molecule has 1 unspecified atom stereocenters. The number of ether oxygens (including phenoxy) is 1. The number of carbonyl (C=O) groups is 1. The predicted octanol–water partition coefficient (Wildman–Crippen LogP) is 3.41. The van der Waals surface area contributed by atoms with Gasteiger partial charge in [0.25, 0.3) is 5.91 Å². The third kappa shape index (κ3) is 2.90. The quantitative estimate of drug-likeness (QED) is 0.929. The number of benzene rings is 1. The first-order valence-electron chi connectivity index (χ1n) is 8.89. The Labute approximate surface area is 146 Å². The van der Waals surface area contributed by atoms with E-state index in [-0.39, 0.29) is 17.5 Å². The molecule has 6 heteroatoms. The first kappa shape index (κ1) is 16.1. The van der Waals surface area contributed by atoms with Crippen molar-refractivity contribution in [1.29, 1.82) is 0 Å². The van der Waals surface area contributed by atoms with Gasteiger partial charge in [0.15, 0.2) is 0 Å². The third-order valence-electron chi connectivity index (χ3n) is 5.19. The van der Waals surface area contributed by atoms with Crippen LogP contribution in [0, 0.1) is 5.82 Å². The standard InChI is InChI=1S/C19H22FN3O2/c1-25-17-9-8-12(20)11-13(17)19(24)23-10-4-7-16(23)18-21-14-5-2-3-6-15(14)22-18/h8-9,11,16H,2-7,10H2,1H3,(H,21,22). The van der Waals surface area contributed by atoms with Gasteiger partial charge < -0.3 is 14.6 Å². The number of H-pyrrole nitrogens is 1. The van der Waals surface area contributed by atoms with Crippen LogP contribution in [0.25, 0.3) is 0 Å². The maximum absolute atomic E-state index is 13.7. The van der Waals surface area contributed by atoms with E-state index >= 15 is 0 Å². The van der Waals surface area contributed by atoms with Crippen molar-refractivity contribution in [2.45, 2.75) is 44.6 Å². The topological polar surface area (TPSA) is 58.2 Å². The summed E-state index contributed by atoms with van der Waals surface area (Å²) in [4.78, 5) is 23.0. The van der Waals surface area contributed by atoms with Crippen molar-refractivity contribution in [3.63, 3.8) is 0 Å². The first-order valence-corrected chi connectivity index (χ1v) is 8.89. The Bertz CT molecular complexity index is 778. The number of nitrogens with zero attached hydrogens (tertiary/aromatic N) is 2. The van der Waals surface area contributed by atoms with Crippen molar-refractivity contribution in [2.24, 2.45) is 0 Å². The van der Waals surface area contributed by atoms with E-state index in [0.29, 0.717) is 12.3 Å².